The Kier molecular flexibility index (Phi) is 10.8. The van der Waals surface area contributed by atoms with E-state index >= 15 is 0 Å². The number of ketones is 1. The lowest BCUT2D eigenvalue weighted by atomic mass is 10.00. The van der Waals surface area contributed by atoms with E-state index in [1.165, 1.54) is 18.9 Å². The van der Waals surface area contributed by atoms with Crippen LogP contribution in [0.25, 0.3) is 0 Å². The molecule has 0 unspecified atom stereocenters. The number of nitrogens with one attached hydrogen (secondary N) is 1. The number of fused-ring (bicyclic) bond motifs is 1. The first-order valence-electron chi connectivity index (χ1n) is 12.2. The number of carbonyl (C=O) groups is 4. The summed E-state index contributed by atoms with van der Waals surface area (Å²) in [6.45, 7) is 3.77. The minimum absolute atomic E-state index is 0.0506. The molecule has 2 aromatic rings. The maximum atomic E-state index is 13.8. The number of thioether (sulfide) groups is 1. The Balaban J connectivity index is 1.95. The average Bonchev–Trinajstić information content (AvgIpc) is 3.04. The van der Waals surface area contributed by atoms with Crippen molar-refractivity contribution in [1.82, 2.24) is 5.32 Å². The molecule has 1 N–H and O–H groups in total. The van der Waals surface area contributed by atoms with Crippen LogP contribution in [0.3, 0.4) is 0 Å². The van der Waals surface area contributed by atoms with E-state index in [2.05, 4.69) is 16.6 Å². The minimum Gasteiger partial charge on any atom is -0.493 e. The van der Waals surface area contributed by atoms with Crippen LogP contribution >= 0.6 is 23.4 Å². The highest BCUT2D eigenvalue weighted by atomic mass is 35.5. The molecule has 0 spiro atoms. The van der Waals surface area contributed by atoms with Crippen molar-refractivity contribution in [2.24, 2.45) is 0 Å². The van der Waals surface area contributed by atoms with Gasteiger partial charge in [0.15, 0.2) is 17.3 Å². The molecule has 0 radical (unpaired) electrons. The van der Waals surface area contributed by atoms with Crippen LogP contribution in [0.4, 0.5) is 5.69 Å². The molecule has 1 aliphatic rings. The van der Waals surface area contributed by atoms with Crippen molar-refractivity contribution in [3.05, 3.63) is 65.2 Å². The molecule has 1 aliphatic heterocycles. The number of rotatable bonds is 12. The molecule has 2 atom stereocenters. The first-order valence-corrected chi connectivity index (χ1v) is 13.5. The van der Waals surface area contributed by atoms with Gasteiger partial charge in [-0.3, -0.25) is 19.2 Å². The highest BCUT2D eigenvalue weighted by Crippen LogP contribution is 2.51. The first-order chi connectivity index (χ1) is 18.7. The molecular formula is C28H31ClN2O7S. The zero-order valence-corrected chi connectivity index (χ0v) is 23.6. The van der Waals surface area contributed by atoms with E-state index in [9.17, 15) is 19.2 Å². The van der Waals surface area contributed by atoms with Crippen molar-refractivity contribution in [2.75, 3.05) is 39.3 Å². The summed E-state index contributed by atoms with van der Waals surface area (Å²) in [4.78, 5) is 51.7. The van der Waals surface area contributed by atoms with Crippen molar-refractivity contribution in [1.29, 1.82) is 0 Å². The molecule has 2 aromatic carbocycles. The second-order valence-corrected chi connectivity index (χ2v) is 10.4. The number of methoxy groups -OCH3 is 3. The number of nitrogens with zero attached hydrogens (tertiary/aromatic N) is 1. The van der Waals surface area contributed by atoms with E-state index in [1.807, 2.05) is 12.1 Å². The maximum absolute atomic E-state index is 13.8. The predicted octanol–water partition coefficient (Wildman–Crippen LogP) is 4.11. The number of Topliss-reactive ketones (excluding diaryl/α,β-unsaturated/α-hetero) is 1. The molecule has 1 heterocycles. The van der Waals surface area contributed by atoms with Crippen molar-refractivity contribution in [3.8, 4) is 11.5 Å². The molecule has 0 fully saturated rings. The van der Waals surface area contributed by atoms with E-state index in [4.69, 9.17) is 21.1 Å². The summed E-state index contributed by atoms with van der Waals surface area (Å²) >= 11 is 7.70. The van der Waals surface area contributed by atoms with Gasteiger partial charge in [-0.15, -0.1) is 18.3 Å². The van der Waals surface area contributed by atoms with Crippen LogP contribution in [-0.2, 0) is 23.9 Å². The SMILES string of the molecule is C=CCN1C(=O)[C@@H](CC(=O)NCC(=O)CCC(=O)OC)S[C@H](c2cccc(OC)c2OC)c2cc(Cl)ccc21. The number of hydrogen-bond donors (Lipinski definition) is 1. The topological polar surface area (TPSA) is 111 Å². The summed E-state index contributed by atoms with van der Waals surface area (Å²) in [5.74, 6) is -0.532. The summed E-state index contributed by atoms with van der Waals surface area (Å²) < 4.78 is 15.7. The van der Waals surface area contributed by atoms with Gasteiger partial charge in [0.25, 0.3) is 0 Å². The lowest BCUT2D eigenvalue weighted by molar-refractivity contribution is -0.141. The van der Waals surface area contributed by atoms with Crippen molar-refractivity contribution in [3.63, 3.8) is 0 Å². The molecule has 0 saturated heterocycles. The van der Waals surface area contributed by atoms with E-state index in [0.29, 0.717) is 22.2 Å². The van der Waals surface area contributed by atoms with Gasteiger partial charge in [-0.1, -0.05) is 29.8 Å². The largest absolute Gasteiger partial charge is 0.493 e. The summed E-state index contributed by atoms with van der Waals surface area (Å²) in [7, 11) is 4.33. The van der Waals surface area contributed by atoms with Gasteiger partial charge in [-0.05, 0) is 29.8 Å². The fourth-order valence-corrected chi connectivity index (χ4v) is 5.92. The molecule has 3 rings (SSSR count). The number of esters is 1. The first kappa shape index (κ1) is 30.0. The van der Waals surface area contributed by atoms with Gasteiger partial charge in [0.05, 0.1) is 44.8 Å². The molecule has 208 valence electrons. The van der Waals surface area contributed by atoms with Crippen LogP contribution in [0.2, 0.25) is 5.02 Å². The van der Waals surface area contributed by atoms with E-state index in [1.54, 1.807) is 49.5 Å². The normalized spacial score (nSPS) is 16.5. The number of anilines is 1. The smallest absolute Gasteiger partial charge is 0.305 e. The van der Waals surface area contributed by atoms with Crippen LogP contribution < -0.4 is 19.7 Å². The maximum Gasteiger partial charge on any atom is 0.305 e. The number of carbonyl (C=O) groups excluding carboxylic acids is 4. The third kappa shape index (κ3) is 7.33. The Labute approximate surface area is 236 Å². The summed E-state index contributed by atoms with van der Waals surface area (Å²) in [6.07, 6.45) is 1.32. The number of benzene rings is 2. The molecule has 11 heteroatoms. The highest BCUT2D eigenvalue weighted by molar-refractivity contribution is 8.01. The Morgan fingerprint density at radius 2 is 1.87 bits per heavy atom. The van der Waals surface area contributed by atoms with Gasteiger partial charge in [0.2, 0.25) is 11.8 Å². The van der Waals surface area contributed by atoms with E-state index in [-0.39, 0.29) is 44.0 Å². The van der Waals surface area contributed by atoms with Crippen LogP contribution in [0.1, 0.15) is 35.6 Å². The van der Waals surface area contributed by atoms with Gasteiger partial charge in [0, 0.05) is 35.7 Å². The summed E-state index contributed by atoms with van der Waals surface area (Å²) in [5, 5.41) is 1.82. The van der Waals surface area contributed by atoms with Crippen LogP contribution in [0.5, 0.6) is 11.5 Å². The monoisotopic (exact) mass is 574 g/mol. The fraction of sp³-hybridized carbons (Fsp3) is 0.357. The van der Waals surface area contributed by atoms with Gasteiger partial charge >= 0.3 is 5.97 Å². The molecule has 2 amide bonds. The number of ether oxygens (including phenoxy) is 3. The Bertz CT molecular complexity index is 1250. The lowest BCUT2D eigenvalue weighted by Gasteiger charge is -2.24. The Morgan fingerprint density at radius 3 is 2.54 bits per heavy atom. The molecule has 39 heavy (non-hydrogen) atoms. The van der Waals surface area contributed by atoms with Crippen molar-refractivity contribution in [2.45, 2.75) is 29.8 Å². The Hall–Kier alpha value is -3.50. The highest BCUT2D eigenvalue weighted by Gasteiger charge is 2.38. The van der Waals surface area contributed by atoms with E-state index < -0.39 is 22.4 Å². The van der Waals surface area contributed by atoms with Gasteiger partial charge in [0.1, 0.15) is 0 Å². The minimum atomic E-state index is -0.804. The number of amides is 2. The zero-order chi connectivity index (χ0) is 28.5. The predicted molar refractivity (Wildman–Crippen MR) is 151 cm³/mol. The van der Waals surface area contributed by atoms with Crippen LogP contribution in [0.15, 0.2) is 49.1 Å². The van der Waals surface area contributed by atoms with Crippen molar-refractivity contribution >= 4 is 52.6 Å². The second-order valence-electron chi connectivity index (χ2n) is 8.62. The van der Waals surface area contributed by atoms with Crippen LogP contribution in [0, 0.1) is 0 Å². The zero-order valence-electron chi connectivity index (χ0n) is 22.0. The second kappa shape index (κ2) is 14.0. The molecule has 0 saturated carbocycles. The molecule has 9 nitrogen and oxygen atoms in total. The molecule has 0 bridgehead atoms. The lowest BCUT2D eigenvalue weighted by Crippen LogP contribution is -2.40. The van der Waals surface area contributed by atoms with Gasteiger partial charge in [-0.2, -0.15) is 0 Å². The number of halogens is 1. The third-order valence-corrected chi connectivity index (χ3v) is 7.83. The average molecular weight is 575 g/mol. The standard InChI is InChI=1S/C28H31ClN2O7S/c1-5-13-31-21-11-9-17(29)14-20(21)27(19-7-6-8-22(36-2)26(19)38-4)39-23(28(31)35)15-24(33)30-16-18(32)10-12-25(34)37-3/h5-9,11,14,23,27H,1,10,12-13,15-16H2,2-4H3,(H,30,33)/t23-,27-/m1/s1. The van der Waals surface area contributed by atoms with Crippen molar-refractivity contribution < 1.29 is 33.4 Å². The number of hydrogen-bond acceptors (Lipinski definition) is 8. The molecule has 0 aliphatic carbocycles. The fourth-order valence-electron chi connectivity index (χ4n) is 4.25. The van der Waals surface area contributed by atoms with Crippen LogP contribution in [-0.4, -0.2) is 63.2 Å². The Morgan fingerprint density at radius 1 is 1.10 bits per heavy atom. The number of para-hydroxylation sites is 1. The van der Waals surface area contributed by atoms with E-state index in [0.717, 1.165) is 11.1 Å². The third-order valence-electron chi connectivity index (χ3n) is 6.12. The van der Waals surface area contributed by atoms with Gasteiger partial charge < -0.3 is 24.4 Å². The summed E-state index contributed by atoms with van der Waals surface area (Å²) in [6, 6.07) is 10.8. The molecule has 0 aromatic heterocycles. The molecular weight excluding hydrogens is 544 g/mol. The summed E-state index contributed by atoms with van der Waals surface area (Å²) in [5.41, 5.74) is 2.17. The van der Waals surface area contributed by atoms with Gasteiger partial charge in [-0.25, -0.2) is 0 Å². The quantitative estimate of drug-likeness (QED) is 0.298.